The van der Waals surface area contributed by atoms with E-state index < -0.39 is 0 Å². The third-order valence-corrected chi connectivity index (χ3v) is 6.25. The molecule has 1 heterocycles. The molecule has 1 fully saturated rings. The number of hydrogen-bond acceptors (Lipinski definition) is 2. The Labute approximate surface area is 167 Å². The maximum Gasteiger partial charge on any atom is 0.224 e. The number of anilines is 2. The van der Waals surface area contributed by atoms with Crippen LogP contribution in [0.15, 0.2) is 42.5 Å². The minimum Gasteiger partial charge on any atom is -0.378 e. The summed E-state index contributed by atoms with van der Waals surface area (Å²) in [5.74, 6) is 0.918. The summed E-state index contributed by atoms with van der Waals surface area (Å²) in [6.45, 7) is 13.5. The number of rotatable bonds is 4. The largest absolute Gasteiger partial charge is 0.378 e. The molecular weight excluding hydrogens is 346 g/mol. The van der Waals surface area contributed by atoms with Gasteiger partial charge in [-0.2, -0.15) is 0 Å². The van der Waals surface area contributed by atoms with Crippen LogP contribution < -0.4 is 10.2 Å². The maximum atomic E-state index is 12.6. The fourth-order valence-corrected chi connectivity index (χ4v) is 4.76. The van der Waals surface area contributed by atoms with Gasteiger partial charge in [-0.3, -0.25) is 4.79 Å². The van der Waals surface area contributed by atoms with E-state index in [0.29, 0.717) is 11.6 Å². The Bertz CT molecular complexity index is 941. The van der Waals surface area contributed by atoms with Crippen LogP contribution in [0.3, 0.4) is 0 Å². The highest BCUT2D eigenvalue weighted by atomic mass is 16.2. The van der Waals surface area contributed by atoms with E-state index in [1.165, 1.54) is 18.4 Å². The summed E-state index contributed by atoms with van der Waals surface area (Å²) in [6, 6.07) is 14.5. The van der Waals surface area contributed by atoms with E-state index in [1.807, 2.05) is 23.1 Å². The lowest BCUT2D eigenvalue weighted by atomic mass is 9.79. The van der Waals surface area contributed by atoms with Crippen molar-refractivity contribution in [2.45, 2.75) is 52.1 Å². The highest BCUT2D eigenvalue weighted by Crippen LogP contribution is 2.50. The number of carbonyl (C=O) groups excluding carboxylic acids is 1. The van der Waals surface area contributed by atoms with Gasteiger partial charge in [0, 0.05) is 30.3 Å². The van der Waals surface area contributed by atoms with Gasteiger partial charge in [0.25, 0.3) is 0 Å². The normalized spacial score (nSPS) is 23.6. The van der Waals surface area contributed by atoms with Crippen LogP contribution >= 0.6 is 0 Å². The van der Waals surface area contributed by atoms with E-state index in [2.05, 4.69) is 48.3 Å². The van der Waals surface area contributed by atoms with Crippen molar-refractivity contribution in [1.82, 2.24) is 0 Å². The van der Waals surface area contributed by atoms with Crippen LogP contribution in [-0.4, -0.2) is 11.9 Å². The smallest absolute Gasteiger partial charge is 0.224 e. The summed E-state index contributed by atoms with van der Waals surface area (Å²) < 4.78 is 0. The molecule has 0 bridgehead atoms. The molecule has 1 amide bonds. The molecule has 1 aliphatic carbocycles. The fraction of sp³-hybridized carbons (Fsp3) is 0.417. The van der Waals surface area contributed by atoms with Crippen molar-refractivity contribution in [1.29, 1.82) is 0 Å². The molecule has 1 saturated carbocycles. The molecular formula is C24H27N3O. The van der Waals surface area contributed by atoms with Gasteiger partial charge in [-0.25, -0.2) is 4.85 Å². The minimum atomic E-state index is 0.0746. The highest BCUT2D eigenvalue weighted by molar-refractivity contribution is 5.94. The molecule has 2 aliphatic rings. The second-order valence-corrected chi connectivity index (χ2v) is 8.06. The van der Waals surface area contributed by atoms with E-state index in [1.54, 1.807) is 6.92 Å². The molecule has 3 atom stereocenters. The molecule has 0 unspecified atom stereocenters. The quantitative estimate of drug-likeness (QED) is 0.694. The van der Waals surface area contributed by atoms with Gasteiger partial charge in [-0.05, 0) is 54.5 Å². The van der Waals surface area contributed by atoms with E-state index in [4.69, 9.17) is 6.57 Å². The lowest BCUT2D eigenvalue weighted by Gasteiger charge is -2.46. The predicted molar refractivity (Wildman–Crippen MR) is 114 cm³/mol. The molecule has 4 heteroatoms. The summed E-state index contributed by atoms with van der Waals surface area (Å²) >= 11 is 0. The molecule has 1 N–H and O–H groups in total. The number of aryl methyl sites for hydroxylation is 1. The van der Waals surface area contributed by atoms with Crippen molar-refractivity contribution in [2.24, 2.45) is 11.8 Å². The lowest BCUT2D eigenvalue weighted by molar-refractivity contribution is -0.117. The van der Waals surface area contributed by atoms with Gasteiger partial charge >= 0.3 is 0 Å². The van der Waals surface area contributed by atoms with Gasteiger partial charge < -0.3 is 10.2 Å². The van der Waals surface area contributed by atoms with Crippen molar-refractivity contribution < 1.29 is 4.79 Å². The van der Waals surface area contributed by atoms with Gasteiger partial charge in [-0.1, -0.05) is 38.1 Å². The molecule has 0 aromatic heterocycles. The van der Waals surface area contributed by atoms with Crippen LogP contribution in [0.4, 0.5) is 17.1 Å². The van der Waals surface area contributed by atoms with Crippen molar-refractivity contribution >= 4 is 23.0 Å². The SMILES string of the molecule is [C-]#[N+]c1ccc2c(c1)[C@H](Nc1ccccc1CC)[C@@H](C)[C@H](C1CC1)N2C(C)=O. The molecule has 2 aromatic rings. The van der Waals surface area contributed by atoms with Gasteiger partial charge in [0.2, 0.25) is 5.91 Å². The summed E-state index contributed by atoms with van der Waals surface area (Å²) in [5, 5.41) is 3.79. The maximum absolute atomic E-state index is 12.6. The summed E-state index contributed by atoms with van der Waals surface area (Å²) in [7, 11) is 0. The summed E-state index contributed by atoms with van der Waals surface area (Å²) in [4.78, 5) is 18.2. The molecule has 0 saturated heterocycles. The van der Waals surface area contributed by atoms with Gasteiger partial charge in [-0.15, -0.1) is 0 Å². The molecule has 4 nitrogen and oxygen atoms in total. The van der Waals surface area contributed by atoms with Crippen molar-refractivity contribution in [2.75, 3.05) is 10.2 Å². The first-order valence-electron chi connectivity index (χ1n) is 10.2. The number of benzene rings is 2. The monoisotopic (exact) mass is 373 g/mol. The van der Waals surface area contributed by atoms with Crippen LogP contribution in [0.25, 0.3) is 4.85 Å². The number of nitrogens with one attached hydrogen (secondary N) is 1. The van der Waals surface area contributed by atoms with Crippen molar-refractivity contribution in [3.05, 3.63) is 65.0 Å². The van der Waals surface area contributed by atoms with Gasteiger partial charge in [0.1, 0.15) is 0 Å². The van der Waals surface area contributed by atoms with E-state index in [0.717, 1.165) is 23.4 Å². The zero-order valence-corrected chi connectivity index (χ0v) is 16.8. The molecule has 4 rings (SSSR count). The summed E-state index contributed by atoms with van der Waals surface area (Å²) in [5.41, 5.74) is 5.07. The first-order valence-corrected chi connectivity index (χ1v) is 10.2. The first kappa shape index (κ1) is 18.6. The third kappa shape index (κ3) is 3.16. The van der Waals surface area contributed by atoms with E-state index in [9.17, 15) is 4.79 Å². The minimum absolute atomic E-state index is 0.0746. The Morgan fingerprint density at radius 2 is 2.00 bits per heavy atom. The van der Waals surface area contributed by atoms with Gasteiger partial charge in [0.05, 0.1) is 12.6 Å². The lowest BCUT2D eigenvalue weighted by Crippen LogP contribution is -2.51. The van der Waals surface area contributed by atoms with Gasteiger partial charge in [0.15, 0.2) is 5.69 Å². The second-order valence-electron chi connectivity index (χ2n) is 8.06. The van der Waals surface area contributed by atoms with Crippen LogP contribution in [-0.2, 0) is 11.2 Å². The van der Waals surface area contributed by atoms with Crippen LogP contribution in [0, 0.1) is 18.4 Å². The average Bonchev–Trinajstić information content (AvgIpc) is 3.54. The molecule has 0 spiro atoms. The number of para-hydroxylation sites is 1. The second kappa shape index (κ2) is 7.31. The number of carbonyl (C=O) groups is 1. The zero-order chi connectivity index (χ0) is 19.8. The van der Waals surface area contributed by atoms with Crippen LogP contribution in [0.5, 0.6) is 0 Å². The predicted octanol–water partition coefficient (Wildman–Crippen LogP) is 5.73. The Balaban J connectivity index is 1.83. The van der Waals surface area contributed by atoms with Crippen molar-refractivity contribution in [3.63, 3.8) is 0 Å². The Morgan fingerprint density at radius 1 is 1.25 bits per heavy atom. The number of hydrogen-bond donors (Lipinski definition) is 1. The van der Waals surface area contributed by atoms with E-state index in [-0.39, 0.29) is 23.9 Å². The molecule has 28 heavy (non-hydrogen) atoms. The summed E-state index contributed by atoms with van der Waals surface area (Å²) in [6.07, 6.45) is 3.34. The van der Waals surface area contributed by atoms with E-state index >= 15 is 0 Å². The first-order chi connectivity index (χ1) is 13.5. The zero-order valence-electron chi connectivity index (χ0n) is 16.8. The topological polar surface area (TPSA) is 36.7 Å². The highest BCUT2D eigenvalue weighted by Gasteiger charge is 2.47. The van der Waals surface area contributed by atoms with Crippen LogP contribution in [0.1, 0.15) is 50.8 Å². The third-order valence-electron chi connectivity index (χ3n) is 6.25. The van der Waals surface area contributed by atoms with Crippen molar-refractivity contribution in [3.8, 4) is 0 Å². The fourth-order valence-electron chi connectivity index (χ4n) is 4.76. The molecule has 144 valence electrons. The Hall–Kier alpha value is -2.80. The number of fused-ring (bicyclic) bond motifs is 1. The molecule has 2 aromatic carbocycles. The Morgan fingerprint density at radius 3 is 2.64 bits per heavy atom. The number of amides is 1. The van der Waals surface area contributed by atoms with Crippen LogP contribution in [0.2, 0.25) is 0 Å². The standard InChI is InChI=1S/C24H27N3O/c1-5-17-8-6-7-9-21(17)26-23-15(2)24(18-10-11-18)27(16(3)28)22-13-12-19(25-4)14-20(22)23/h6-9,12-15,18,23-24,26H,5,10-11H2,1-3H3/t15-,23-,24-/m1/s1. The molecule has 1 aliphatic heterocycles. The Kier molecular flexibility index (Phi) is 4.85. The molecule has 0 radical (unpaired) electrons. The number of nitrogens with zero attached hydrogens (tertiary/aromatic N) is 2. The average molecular weight is 374 g/mol.